The molecule has 1 unspecified atom stereocenters. The summed E-state index contributed by atoms with van der Waals surface area (Å²) in [6, 6.07) is 16.2. The summed E-state index contributed by atoms with van der Waals surface area (Å²) in [4.78, 5) is 15.3. The SMILES string of the molecule is COc1ccc(CCC(Cn2ccnc2)OCCCc2ccc(NC(C)=O)cc2)cc1. The van der Waals surface area contributed by atoms with Gasteiger partial charge in [-0.05, 0) is 61.1 Å². The van der Waals surface area contributed by atoms with E-state index in [1.165, 1.54) is 18.1 Å². The number of rotatable bonds is 12. The summed E-state index contributed by atoms with van der Waals surface area (Å²) in [5.41, 5.74) is 3.34. The average molecular weight is 422 g/mol. The van der Waals surface area contributed by atoms with Gasteiger partial charge in [-0.3, -0.25) is 4.79 Å². The summed E-state index contributed by atoms with van der Waals surface area (Å²) in [5.74, 6) is 0.819. The second-order valence-corrected chi connectivity index (χ2v) is 7.62. The zero-order chi connectivity index (χ0) is 21.9. The molecule has 0 saturated heterocycles. The Balaban J connectivity index is 1.46. The lowest BCUT2D eigenvalue weighted by Gasteiger charge is -2.19. The summed E-state index contributed by atoms with van der Waals surface area (Å²) in [6.07, 6.45) is 9.51. The fourth-order valence-electron chi connectivity index (χ4n) is 3.46. The number of anilines is 1. The van der Waals surface area contributed by atoms with Crippen molar-refractivity contribution in [1.82, 2.24) is 9.55 Å². The smallest absolute Gasteiger partial charge is 0.221 e. The molecule has 1 N–H and O–H groups in total. The van der Waals surface area contributed by atoms with E-state index in [9.17, 15) is 4.79 Å². The van der Waals surface area contributed by atoms with Crippen LogP contribution in [0.25, 0.3) is 0 Å². The molecular formula is C25H31N3O3. The van der Waals surface area contributed by atoms with Gasteiger partial charge in [0.25, 0.3) is 0 Å². The van der Waals surface area contributed by atoms with Crippen molar-refractivity contribution in [3.63, 3.8) is 0 Å². The molecule has 3 rings (SSSR count). The molecule has 0 aliphatic heterocycles. The number of nitrogens with zero attached hydrogens (tertiary/aromatic N) is 2. The second kappa shape index (κ2) is 11.9. The molecule has 6 heteroatoms. The first-order valence-corrected chi connectivity index (χ1v) is 10.7. The summed E-state index contributed by atoms with van der Waals surface area (Å²) in [6.45, 7) is 3.01. The van der Waals surface area contributed by atoms with Crippen molar-refractivity contribution >= 4 is 11.6 Å². The molecule has 0 aliphatic carbocycles. The van der Waals surface area contributed by atoms with E-state index < -0.39 is 0 Å². The van der Waals surface area contributed by atoms with Crippen LogP contribution in [0.5, 0.6) is 5.75 Å². The van der Waals surface area contributed by atoms with Crippen LogP contribution in [-0.2, 0) is 28.9 Å². The quantitative estimate of drug-likeness (QED) is 0.437. The molecule has 0 aliphatic rings. The standard InChI is InChI=1S/C25H31N3O3/c1-20(29)27-23-10-5-21(6-11-23)4-3-17-31-25(18-28-16-15-26-19-28)14-9-22-7-12-24(30-2)13-8-22/h5-8,10-13,15-16,19,25H,3-4,9,14,17-18H2,1-2H3,(H,27,29). The average Bonchev–Trinajstić information content (AvgIpc) is 3.29. The highest BCUT2D eigenvalue weighted by Gasteiger charge is 2.11. The largest absolute Gasteiger partial charge is 0.497 e. The number of amides is 1. The molecule has 0 fully saturated rings. The number of carbonyl (C=O) groups is 1. The molecule has 1 aromatic heterocycles. The van der Waals surface area contributed by atoms with Gasteiger partial charge in [0.05, 0.1) is 19.5 Å². The van der Waals surface area contributed by atoms with Crippen LogP contribution in [0.2, 0.25) is 0 Å². The van der Waals surface area contributed by atoms with E-state index in [-0.39, 0.29) is 12.0 Å². The van der Waals surface area contributed by atoms with Crippen LogP contribution < -0.4 is 10.1 Å². The van der Waals surface area contributed by atoms with Gasteiger partial charge in [-0.25, -0.2) is 4.98 Å². The summed E-state index contributed by atoms with van der Waals surface area (Å²) in [7, 11) is 1.68. The molecule has 0 radical (unpaired) electrons. The highest BCUT2D eigenvalue weighted by Crippen LogP contribution is 2.16. The van der Waals surface area contributed by atoms with Crippen molar-refractivity contribution in [2.75, 3.05) is 19.0 Å². The Hall–Kier alpha value is -3.12. The van der Waals surface area contributed by atoms with E-state index in [1.54, 1.807) is 13.3 Å². The number of hydrogen-bond donors (Lipinski definition) is 1. The number of imidazole rings is 1. The lowest BCUT2D eigenvalue weighted by Crippen LogP contribution is -2.21. The maximum atomic E-state index is 11.1. The van der Waals surface area contributed by atoms with Gasteiger partial charge < -0.3 is 19.4 Å². The molecule has 1 amide bonds. The van der Waals surface area contributed by atoms with Crippen LogP contribution >= 0.6 is 0 Å². The van der Waals surface area contributed by atoms with E-state index in [4.69, 9.17) is 9.47 Å². The van der Waals surface area contributed by atoms with Gasteiger partial charge in [0, 0.05) is 38.2 Å². The number of aromatic nitrogens is 2. The maximum Gasteiger partial charge on any atom is 0.221 e. The van der Waals surface area contributed by atoms with Crippen LogP contribution in [0.3, 0.4) is 0 Å². The highest BCUT2D eigenvalue weighted by atomic mass is 16.5. The number of carbonyl (C=O) groups excluding carboxylic acids is 1. The summed E-state index contributed by atoms with van der Waals surface area (Å²) >= 11 is 0. The second-order valence-electron chi connectivity index (χ2n) is 7.62. The first kappa shape index (κ1) is 22.6. The third-order valence-corrected chi connectivity index (χ3v) is 5.13. The third kappa shape index (κ3) is 7.90. The molecule has 1 atom stereocenters. The molecule has 0 bridgehead atoms. The minimum absolute atomic E-state index is 0.0558. The van der Waals surface area contributed by atoms with E-state index in [2.05, 4.69) is 39.1 Å². The van der Waals surface area contributed by atoms with Crippen molar-refractivity contribution in [1.29, 1.82) is 0 Å². The zero-order valence-electron chi connectivity index (χ0n) is 18.3. The Morgan fingerprint density at radius 3 is 2.42 bits per heavy atom. The van der Waals surface area contributed by atoms with Crippen molar-refractivity contribution in [2.24, 2.45) is 0 Å². The fourth-order valence-corrected chi connectivity index (χ4v) is 3.46. The van der Waals surface area contributed by atoms with Crippen LogP contribution in [0.1, 0.15) is 30.9 Å². The third-order valence-electron chi connectivity index (χ3n) is 5.13. The number of ether oxygens (including phenoxy) is 2. The molecule has 2 aromatic carbocycles. The highest BCUT2D eigenvalue weighted by molar-refractivity contribution is 5.88. The van der Waals surface area contributed by atoms with Crippen LogP contribution in [0.4, 0.5) is 5.69 Å². The van der Waals surface area contributed by atoms with Gasteiger partial charge in [-0.1, -0.05) is 24.3 Å². The Kier molecular flexibility index (Phi) is 8.67. The Labute approximate surface area is 184 Å². The topological polar surface area (TPSA) is 65.4 Å². The van der Waals surface area contributed by atoms with E-state index in [0.717, 1.165) is 43.7 Å². The molecule has 164 valence electrons. The number of aryl methyl sites for hydroxylation is 2. The van der Waals surface area contributed by atoms with E-state index in [1.807, 2.05) is 36.8 Å². The van der Waals surface area contributed by atoms with Gasteiger partial charge >= 0.3 is 0 Å². The molecule has 0 spiro atoms. The predicted octanol–water partition coefficient (Wildman–Crippen LogP) is 4.50. The molecule has 3 aromatic rings. The normalized spacial score (nSPS) is 11.8. The molecular weight excluding hydrogens is 390 g/mol. The van der Waals surface area contributed by atoms with Crippen molar-refractivity contribution in [3.05, 3.63) is 78.4 Å². The first-order valence-electron chi connectivity index (χ1n) is 10.7. The van der Waals surface area contributed by atoms with Crippen LogP contribution in [-0.4, -0.2) is 35.3 Å². The van der Waals surface area contributed by atoms with Crippen LogP contribution in [0.15, 0.2) is 67.3 Å². The summed E-state index contributed by atoms with van der Waals surface area (Å²) in [5, 5.41) is 2.79. The van der Waals surface area contributed by atoms with E-state index >= 15 is 0 Å². The fraction of sp³-hybridized carbons (Fsp3) is 0.360. The lowest BCUT2D eigenvalue weighted by atomic mass is 10.1. The number of hydrogen-bond acceptors (Lipinski definition) is 4. The van der Waals surface area contributed by atoms with Crippen molar-refractivity contribution < 1.29 is 14.3 Å². The minimum Gasteiger partial charge on any atom is -0.497 e. The van der Waals surface area contributed by atoms with Gasteiger partial charge in [0.1, 0.15) is 5.75 Å². The molecule has 0 saturated carbocycles. The lowest BCUT2D eigenvalue weighted by molar-refractivity contribution is -0.114. The number of benzene rings is 2. The van der Waals surface area contributed by atoms with Gasteiger partial charge in [0.2, 0.25) is 5.91 Å². The van der Waals surface area contributed by atoms with E-state index in [0.29, 0.717) is 6.61 Å². The molecule has 1 heterocycles. The maximum absolute atomic E-state index is 11.1. The predicted molar refractivity (Wildman–Crippen MR) is 122 cm³/mol. The van der Waals surface area contributed by atoms with Gasteiger partial charge in [0.15, 0.2) is 0 Å². The Bertz CT molecular complexity index is 906. The van der Waals surface area contributed by atoms with Gasteiger partial charge in [-0.2, -0.15) is 0 Å². The molecule has 6 nitrogen and oxygen atoms in total. The zero-order valence-corrected chi connectivity index (χ0v) is 18.3. The number of nitrogens with one attached hydrogen (secondary N) is 1. The Morgan fingerprint density at radius 2 is 1.77 bits per heavy atom. The van der Waals surface area contributed by atoms with Crippen molar-refractivity contribution in [3.8, 4) is 5.75 Å². The van der Waals surface area contributed by atoms with Gasteiger partial charge in [-0.15, -0.1) is 0 Å². The Morgan fingerprint density at radius 1 is 1.06 bits per heavy atom. The van der Waals surface area contributed by atoms with Crippen molar-refractivity contribution in [2.45, 2.75) is 45.3 Å². The minimum atomic E-state index is -0.0558. The van der Waals surface area contributed by atoms with Crippen LogP contribution in [0, 0.1) is 0 Å². The number of methoxy groups -OCH3 is 1. The summed E-state index contributed by atoms with van der Waals surface area (Å²) < 4.78 is 13.6. The first-order chi connectivity index (χ1) is 15.1. The molecule has 31 heavy (non-hydrogen) atoms. The monoisotopic (exact) mass is 421 g/mol.